The van der Waals surface area contributed by atoms with E-state index >= 15 is 0 Å². The van der Waals surface area contributed by atoms with Gasteiger partial charge in [-0.1, -0.05) is 7.43 Å². The maximum atomic E-state index is 11.2. The van der Waals surface area contributed by atoms with Crippen LogP contribution in [0.1, 0.15) is 102 Å². The van der Waals surface area contributed by atoms with E-state index in [0.717, 1.165) is 4.47 Å². The molecule has 2 unspecified atom stereocenters. The van der Waals surface area contributed by atoms with Gasteiger partial charge in [-0.05, 0) is 111 Å². The Labute approximate surface area is 386 Å². The van der Waals surface area contributed by atoms with Crippen LogP contribution < -0.4 is 14.9 Å². The lowest BCUT2D eigenvalue weighted by Gasteiger charge is -2.32. The van der Waals surface area contributed by atoms with E-state index < -0.39 is 53.9 Å². The van der Waals surface area contributed by atoms with Gasteiger partial charge in [0, 0.05) is 44.0 Å². The Morgan fingerprint density at radius 3 is 1.37 bits per heavy atom. The molecule has 0 radical (unpaired) electrons. The zero-order valence-electron chi connectivity index (χ0n) is 38.0. The molecule has 0 bridgehead atoms. The van der Waals surface area contributed by atoms with E-state index in [4.69, 9.17) is 42.7 Å². The molecular formula is C41H60B3BrN6O10S2. The van der Waals surface area contributed by atoms with Crippen molar-refractivity contribution in [3.05, 3.63) is 52.5 Å². The molecule has 342 valence electrons. The van der Waals surface area contributed by atoms with Crippen LogP contribution in [-0.4, -0.2) is 120 Å². The molecule has 0 N–H and O–H groups in total. The van der Waals surface area contributed by atoms with Crippen molar-refractivity contribution < 1.29 is 45.8 Å². The molecular weight excluding hydrogens is 913 g/mol. The first-order valence-corrected chi connectivity index (χ1v) is 24.3. The molecule has 3 aliphatic rings. The number of pyridine rings is 2. The van der Waals surface area contributed by atoms with Crippen molar-refractivity contribution in [3.63, 3.8) is 0 Å². The number of rotatable bonds is 10. The number of nitrogens with zero attached hydrogens (tertiary/aromatic N) is 6. The van der Waals surface area contributed by atoms with Gasteiger partial charge in [0.1, 0.15) is 23.6 Å². The van der Waals surface area contributed by atoms with Gasteiger partial charge in [-0.25, -0.2) is 9.03 Å². The molecule has 3 fully saturated rings. The summed E-state index contributed by atoms with van der Waals surface area (Å²) in [5.41, 5.74) is 0.535. The number of aromatic nitrogens is 4. The third kappa shape index (κ3) is 11.6. The van der Waals surface area contributed by atoms with Crippen LogP contribution in [0.15, 0.2) is 41.4 Å². The largest absolute Gasteiger partial charge is 0.497 e. The van der Waals surface area contributed by atoms with E-state index in [1.165, 1.54) is 12.4 Å². The van der Waals surface area contributed by atoms with E-state index in [1.54, 1.807) is 46.1 Å². The second-order valence-electron chi connectivity index (χ2n) is 18.2. The Hall–Kier alpha value is -3.31. The summed E-state index contributed by atoms with van der Waals surface area (Å²) in [6, 6.07) is 7.81. The quantitative estimate of drug-likeness (QED) is 0.172. The Balaban J connectivity index is 0.000000211. The highest BCUT2D eigenvalue weighted by Gasteiger charge is 2.63. The number of nitriles is 2. The predicted molar refractivity (Wildman–Crippen MR) is 251 cm³/mol. The zero-order chi connectivity index (χ0) is 46.2. The third-order valence-corrected chi connectivity index (χ3v) is 14.0. The molecule has 7 heterocycles. The predicted octanol–water partition coefficient (Wildman–Crippen LogP) is 5.87. The van der Waals surface area contributed by atoms with Gasteiger partial charge in [0.25, 0.3) is 0 Å². The van der Waals surface area contributed by atoms with Crippen molar-refractivity contribution in [1.82, 2.24) is 19.2 Å². The maximum absolute atomic E-state index is 11.2. The summed E-state index contributed by atoms with van der Waals surface area (Å²) in [5, 5.41) is 26.7. The summed E-state index contributed by atoms with van der Waals surface area (Å²) in [4.78, 5) is 0. The van der Waals surface area contributed by atoms with Gasteiger partial charge in [0.15, 0.2) is 0 Å². The Morgan fingerprint density at radius 2 is 0.984 bits per heavy atom. The summed E-state index contributed by atoms with van der Waals surface area (Å²) in [6.45, 7) is 24.8. The molecule has 16 nitrogen and oxygen atoms in total. The van der Waals surface area contributed by atoms with Crippen LogP contribution in [0, 0.1) is 22.7 Å². The molecule has 4 aromatic heterocycles. The normalized spacial score (nSPS) is 20.7. The molecule has 3 saturated heterocycles. The van der Waals surface area contributed by atoms with Gasteiger partial charge < -0.3 is 37.4 Å². The lowest BCUT2D eigenvalue weighted by Crippen LogP contribution is -2.41. The van der Waals surface area contributed by atoms with Crippen molar-refractivity contribution in [2.75, 3.05) is 37.2 Å². The third-order valence-electron chi connectivity index (χ3n) is 11.9. The Kier molecular flexibility index (Phi) is 16.3. The van der Waals surface area contributed by atoms with Crippen molar-refractivity contribution in [2.45, 2.75) is 124 Å². The summed E-state index contributed by atoms with van der Waals surface area (Å²) < 4.78 is 73.4. The molecule has 0 spiro atoms. The van der Waals surface area contributed by atoms with E-state index in [2.05, 4.69) is 38.3 Å². The topological polar surface area (TPSA) is 190 Å². The average Bonchev–Trinajstić information content (AvgIpc) is 3.91. The summed E-state index contributed by atoms with van der Waals surface area (Å²) in [5.74, 6) is 2.10. The number of fused-ring (bicyclic) bond motifs is 2. The molecule has 2 atom stereocenters. The highest BCUT2D eigenvalue weighted by molar-refractivity contribution is 9.10. The molecule has 0 amide bonds. The van der Waals surface area contributed by atoms with Crippen LogP contribution in [0.3, 0.4) is 0 Å². The number of hydrogen-bond acceptors (Lipinski definition) is 14. The molecule has 0 aliphatic carbocycles. The molecule has 0 aromatic carbocycles. The second kappa shape index (κ2) is 19.7. The van der Waals surface area contributed by atoms with Gasteiger partial charge >= 0.3 is 21.1 Å². The first kappa shape index (κ1) is 52.3. The highest BCUT2D eigenvalue weighted by Crippen LogP contribution is 2.43. The van der Waals surface area contributed by atoms with Crippen LogP contribution in [0.4, 0.5) is 0 Å². The van der Waals surface area contributed by atoms with E-state index in [1.807, 2.05) is 83.1 Å². The Morgan fingerprint density at radius 1 is 0.635 bits per heavy atom. The van der Waals surface area contributed by atoms with Crippen LogP contribution in [0.5, 0.6) is 11.5 Å². The fraction of sp³-hybridized carbons (Fsp3) is 0.610. The first-order valence-electron chi connectivity index (χ1n) is 20.0. The minimum Gasteiger partial charge on any atom is -0.491 e. The second-order valence-corrected chi connectivity index (χ2v) is 22.1. The maximum Gasteiger partial charge on any atom is 0.497 e. The fourth-order valence-electron chi connectivity index (χ4n) is 6.20. The highest BCUT2D eigenvalue weighted by atomic mass is 79.9. The van der Waals surface area contributed by atoms with Crippen molar-refractivity contribution >= 4 is 75.2 Å². The summed E-state index contributed by atoms with van der Waals surface area (Å²) in [6.07, 6.45) is 9.67. The van der Waals surface area contributed by atoms with E-state index in [0.29, 0.717) is 63.8 Å². The van der Waals surface area contributed by atoms with Gasteiger partial charge in [-0.2, -0.15) is 20.7 Å². The molecule has 0 saturated carbocycles. The number of ether oxygens (including phenoxy) is 2. The van der Waals surface area contributed by atoms with Crippen LogP contribution in [0.25, 0.3) is 11.0 Å². The van der Waals surface area contributed by atoms with Crippen LogP contribution in [0.2, 0.25) is 0 Å². The average molecular weight is 973 g/mol. The summed E-state index contributed by atoms with van der Waals surface area (Å²) in [7, 11) is -3.40. The molecule has 3 aliphatic heterocycles. The molecule has 4 aromatic rings. The molecule has 22 heteroatoms. The number of halogens is 1. The monoisotopic (exact) mass is 972 g/mol. The minimum atomic E-state index is -0.932. The first-order chi connectivity index (χ1) is 28.6. The zero-order valence-corrected chi connectivity index (χ0v) is 41.2. The van der Waals surface area contributed by atoms with Crippen LogP contribution >= 0.6 is 15.9 Å². The number of hydrogen-bond donors (Lipinski definition) is 0. The van der Waals surface area contributed by atoms with E-state index in [9.17, 15) is 13.7 Å². The standard InChI is InChI=1S/C17H22BN3O4S.C12H24B2O4.C11H10BrN3O2S.CH4/c1-16(2)17(3,4)25-18(24-16)14-8-13(23-6-7-26(5)22)11-21-15(14)12(9-19)10-20-21;1-9(2)10(3,4)16-13(15-9)14-17-11(5,6)12(7,8)18-14;1-18(16)3-2-17-9-4-10(12)11-8(5-13)6-14-15(11)7-9;/h8,10-11H,6-7H2,1-5H3;1-8H3;4,6-7H,2-3H2,1H3;1H4. The summed E-state index contributed by atoms with van der Waals surface area (Å²) >= 11 is 3.39. The fourth-order valence-corrected chi connectivity index (χ4v) is 7.46. The molecule has 63 heavy (non-hydrogen) atoms. The lowest BCUT2D eigenvalue weighted by molar-refractivity contribution is 0.00578. The van der Waals surface area contributed by atoms with Crippen LogP contribution in [-0.2, 0) is 49.5 Å². The lowest BCUT2D eigenvalue weighted by atomic mass is 9.49. The van der Waals surface area contributed by atoms with Gasteiger partial charge in [-0.3, -0.25) is 8.42 Å². The minimum absolute atomic E-state index is 0. The van der Waals surface area contributed by atoms with Gasteiger partial charge in [0.05, 0.1) is 105 Å². The van der Waals surface area contributed by atoms with Crippen molar-refractivity contribution in [1.29, 1.82) is 10.5 Å². The van der Waals surface area contributed by atoms with Gasteiger partial charge in [-0.15, -0.1) is 0 Å². The van der Waals surface area contributed by atoms with E-state index in [-0.39, 0.29) is 29.8 Å². The van der Waals surface area contributed by atoms with Gasteiger partial charge in [0.2, 0.25) is 0 Å². The molecule has 7 rings (SSSR count). The Bertz CT molecular complexity index is 2330. The SMILES string of the molecule is C.CC1(C)OB(B2OC(C)(C)C(C)(C)O2)OC1(C)C.CS(=O)CCOc1cc(B2OC(C)(C)C(C)(C)O2)c2c(C#N)cnn2c1.CS(=O)CCOc1cc(Br)c2c(C#N)cnn2c1. The smallest absolute Gasteiger partial charge is 0.491 e. The van der Waals surface area contributed by atoms with Crippen molar-refractivity contribution in [3.8, 4) is 23.6 Å². The van der Waals surface area contributed by atoms with Crippen molar-refractivity contribution in [2.24, 2.45) is 0 Å².